The molecule has 0 N–H and O–H groups in total. The predicted molar refractivity (Wildman–Crippen MR) is 81.8 cm³/mol. The average molecular weight is 323 g/mol. The van der Waals surface area contributed by atoms with E-state index in [0.717, 1.165) is 0 Å². The minimum absolute atomic E-state index is 0.0182. The van der Waals surface area contributed by atoms with Gasteiger partial charge in [0.25, 0.3) is 0 Å². The largest absolute Gasteiger partial charge is 0.494 e. The molecule has 1 aliphatic rings. The standard InChI is InChI=1S/C18H10FNO4/c1-23-12-8-4-7-11(13(12)19)18-20-14-15(21)9-5-2-3-6-10(9)16(22)17(14)24-18/h2-8H,1H3. The topological polar surface area (TPSA) is 69.4 Å². The molecule has 1 aromatic heterocycles. The van der Waals surface area contributed by atoms with Crippen molar-refractivity contribution in [3.05, 3.63) is 70.9 Å². The van der Waals surface area contributed by atoms with Crippen LogP contribution in [0.5, 0.6) is 5.75 Å². The van der Waals surface area contributed by atoms with Gasteiger partial charge >= 0.3 is 0 Å². The fourth-order valence-electron chi connectivity index (χ4n) is 2.71. The summed E-state index contributed by atoms with van der Waals surface area (Å²) in [6.07, 6.45) is 0. The SMILES string of the molecule is COc1cccc(-c2nc3c(o2)C(=O)c2ccccc2C3=O)c1F. The average Bonchev–Trinajstić information content (AvgIpc) is 3.05. The fourth-order valence-corrected chi connectivity index (χ4v) is 2.71. The van der Waals surface area contributed by atoms with Gasteiger partial charge in [-0.1, -0.05) is 30.3 Å². The number of benzene rings is 2. The summed E-state index contributed by atoms with van der Waals surface area (Å²) in [4.78, 5) is 29.1. The van der Waals surface area contributed by atoms with Gasteiger partial charge in [-0.2, -0.15) is 0 Å². The second-order valence-electron chi connectivity index (χ2n) is 5.22. The number of hydrogen-bond donors (Lipinski definition) is 0. The molecule has 1 heterocycles. The van der Waals surface area contributed by atoms with E-state index >= 15 is 0 Å². The van der Waals surface area contributed by atoms with E-state index in [1.54, 1.807) is 30.3 Å². The molecular weight excluding hydrogens is 313 g/mol. The van der Waals surface area contributed by atoms with Gasteiger partial charge in [0.15, 0.2) is 17.3 Å². The molecule has 0 saturated carbocycles. The van der Waals surface area contributed by atoms with Crippen LogP contribution in [-0.2, 0) is 0 Å². The number of carbonyl (C=O) groups is 2. The van der Waals surface area contributed by atoms with E-state index in [-0.39, 0.29) is 39.8 Å². The number of hydrogen-bond acceptors (Lipinski definition) is 5. The van der Waals surface area contributed by atoms with Gasteiger partial charge in [-0.15, -0.1) is 0 Å². The Morgan fingerprint density at radius 2 is 1.62 bits per heavy atom. The first-order chi connectivity index (χ1) is 11.6. The number of nitrogens with zero attached hydrogens (tertiary/aromatic N) is 1. The number of halogens is 1. The number of carbonyl (C=O) groups excluding carboxylic acids is 2. The Bertz CT molecular complexity index is 954. The van der Waals surface area contributed by atoms with E-state index in [1.807, 2.05) is 0 Å². The number of aromatic nitrogens is 1. The van der Waals surface area contributed by atoms with Crippen LogP contribution in [0.3, 0.4) is 0 Å². The van der Waals surface area contributed by atoms with Gasteiger partial charge in [-0.25, -0.2) is 9.37 Å². The Morgan fingerprint density at radius 3 is 2.33 bits per heavy atom. The zero-order valence-corrected chi connectivity index (χ0v) is 12.5. The lowest BCUT2D eigenvalue weighted by Crippen LogP contribution is -2.19. The van der Waals surface area contributed by atoms with Gasteiger partial charge < -0.3 is 9.15 Å². The molecule has 0 bridgehead atoms. The number of rotatable bonds is 2. The molecule has 2 aromatic carbocycles. The van der Waals surface area contributed by atoms with Crippen LogP contribution in [0.15, 0.2) is 46.9 Å². The summed E-state index contributed by atoms with van der Waals surface area (Å²) in [6.45, 7) is 0. The Balaban J connectivity index is 1.90. The van der Waals surface area contributed by atoms with Crippen molar-refractivity contribution < 1.29 is 23.1 Å². The molecule has 118 valence electrons. The lowest BCUT2D eigenvalue weighted by Gasteiger charge is -2.10. The van der Waals surface area contributed by atoms with Crippen LogP contribution in [0.1, 0.15) is 32.2 Å². The van der Waals surface area contributed by atoms with Crippen molar-refractivity contribution in [2.24, 2.45) is 0 Å². The number of oxazole rings is 1. The highest BCUT2D eigenvalue weighted by molar-refractivity contribution is 6.26. The maximum Gasteiger partial charge on any atom is 0.231 e. The molecule has 0 amide bonds. The maximum atomic E-state index is 14.4. The van der Waals surface area contributed by atoms with Gasteiger partial charge in [0.1, 0.15) is 0 Å². The summed E-state index contributed by atoms with van der Waals surface area (Å²) < 4.78 is 24.7. The highest BCUT2D eigenvalue weighted by Crippen LogP contribution is 2.33. The van der Waals surface area contributed by atoms with Gasteiger partial charge in [0.2, 0.25) is 23.2 Å². The lowest BCUT2D eigenvalue weighted by atomic mass is 9.91. The van der Waals surface area contributed by atoms with Crippen molar-refractivity contribution >= 4 is 11.6 Å². The molecule has 6 heteroatoms. The van der Waals surface area contributed by atoms with Crippen LogP contribution in [0.2, 0.25) is 0 Å². The van der Waals surface area contributed by atoms with Gasteiger partial charge in [-0.3, -0.25) is 9.59 Å². The molecule has 0 radical (unpaired) electrons. The van der Waals surface area contributed by atoms with E-state index in [4.69, 9.17) is 9.15 Å². The van der Waals surface area contributed by atoms with E-state index in [0.29, 0.717) is 0 Å². The molecule has 0 fully saturated rings. The van der Waals surface area contributed by atoms with Crippen molar-refractivity contribution in [1.29, 1.82) is 0 Å². The van der Waals surface area contributed by atoms with Crippen molar-refractivity contribution in [3.63, 3.8) is 0 Å². The van der Waals surface area contributed by atoms with Crippen molar-refractivity contribution in [1.82, 2.24) is 4.98 Å². The predicted octanol–water partition coefficient (Wildman–Crippen LogP) is 3.26. The van der Waals surface area contributed by atoms with Gasteiger partial charge in [-0.05, 0) is 12.1 Å². The summed E-state index contributed by atoms with van der Waals surface area (Å²) in [6, 6.07) is 10.9. The number of methoxy groups -OCH3 is 1. The van der Waals surface area contributed by atoms with Crippen LogP contribution in [0.4, 0.5) is 4.39 Å². The third kappa shape index (κ3) is 1.89. The minimum atomic E-state index is -0.670. The van der Waals surface area contributed by atoms with Crippen molar-refractivity contribution in [3.8, 4) is 17.2 Å². The fraction of sp³-hybridized carbons (Fsp3) is 0.0556. The van der Waals surface area contributed by atoms with Crippen LogP contribution in [0.25, 0.3) is 11.5 Å². The van der Waals surface area contributed by atoms with Crippen molar-refractivity contribution in [2.75, 3.05) is 7.11 Å². The van der Waals surface area contributed by atoms with Crippen LogP contribution in [-0.4, -0.2) is 23.7 Å². The summed E-state index contributed by atoms with van der Waals surface area (Å²) in [5.74, 6) is -1.82. The Kier molecular flexibility index (Phi) is 3.06. The van der Waals surface area contributed by atoms with E-state index in [2.05, 4.69) is 4.98 Å². The van der Waals surface area contributed by atoms with Gasteiger partial charge in [0.05, 0.1) is 12.7 Å². The molecule has 3 aromatic rings. The number of ether oxygens (including phenoxy) is 1. The molecule has 4 rings (SSSR count). The zero-order chi connectivity index (χ0) is 16.8. The number of fused-ring (bicyclic) bond motifs is 2. The quantitative estimate of drug-likeness (QED) is 0.566. The van der Waals surface area contributed by atoms with Crippen LogP contribution >= 0.6 is 0 Å². The lowest BCUT2D eigenvalue weighted by molar-refractivity contribution is 0.0959. The molecule has 0 unspecified atom stereocenters. The van der Waals surface area contributed by atoms with E-state index in [9.17, 15) is 14.0 Å². The maximum absolute atomic E-state index is 14.4. The normalized spacial score (nSPS) is 12.8. The first-order valence-electron chi connectivity index (χ1n) is 7.14. The Morgan fingerprint density at radius 1 is 0.958 bits per heavy atom. The molecule has 1 aliphatic carbocycles. The third-order valence-corrected chi connectivity index (χ3v) is 3.88. The van der Waals surface area contributed by atoms with Crippen LogP contribution in [0, 0.1) is 5.82 Å². The minimum Gasteiger partial charge on any atom is -0.494 e. The first-order valence-corrected chi connectivity index (χ1v) is 7.14. The Hall–Kier alpha value is -3.28. The summed E-state index contributed by atoms with van der Waals surface area (Å²) in [5.41, 5.74) is 0.439. The molecule has 0 aliphatic heterocycles. The molecular formula is C18H10FNO4. The number of ketones is 2. The monoisotopic (exact) mass is 323 g/mol. The molecule has 0 atom stereocenters. The smallest absolute Gasteiger partial charge is 0.231 e. The third-order valence-electron chi connectivity index (χ3n) is 3.88. The first kappa shape index (κ1) is 14.3. The molecule has 0 spiro atoms. The van der Waals surface area contributed by atoms with E-state index < -0.39 is 17.4 Å². The zero-order valence-electron chi connectivity index (χ0n) is 12.5. The summed E-state index contributed by atoms with van der Waals surface area (Å²) in [7, 11) is 1.34. The van der Waals surface area contributed by atoms with Gasteiger partial charge in [0, 0.05) is 11.1 Å². The second kappa shape index (κ2) is 5.13. The molecule has 0 saturated heterocycles. The Labute approximate surface area is 135 Å². The summed E-state index contributed by atoms with van der Waals surface area (Å²) in [5, 5.41) is 0. The second-order valence-corrected chi connectivity index (χ2v) is 5.22. The highest BCUT2D eigenvalue weighted by Gasteiger charge is 2.35. The molecule has 5 nitrogen and oxygen atoms in total. The van der Waals surface area contributed by atoms with E-state index in [1.165, 1.54) is 19.2 Å². The molecule has 24 heavy (non-hydrogen) atoms. The highest BCUT2D eigenvalue weighted by atomic mass is 19.1. The van der Waals surface area contributed by atoms with Crippen molar-refractivity contribution in [2.45, 2.75) is 0 Å². The van der Waals surface area contributed by atoms with Crippen LogP contribution < -0.4 is 4.74 Å². The summed E-state index contributed by atoms with van der Waals surface area (Å²) >= 11 is 0.